The van der Waals surface area contributed by atoms with E-state index in [0.29, 0.717) is 17.0 Å². The monoisotopic (exact) mass is 287 g/mol. The number of nitrogens with zero attached hydrogens (tertiary/aromatic N) is 1. The van der Waals surface area contributed by atoms with E-state index >= 15 is 0 Å². The first kappa shape index (κ1) is 14.0. The van der Waals surface area contributed by atoms with E-state index in [1.54, 1.807) is 48.8 Å². The summed E-state index contributed by atoms with van der Waals surface area (Å²) in [7, 11) is 0. The Labute approximate surface area is 121 Å². The number of aromatic nitrogens is 1. The second-order valence-corrected chi connectivity index (χ2v) is 4.37. The van der Waals surface area contributed by atoms with Gasteiger partial charge >= 0.3 is 0 Å². The van der Waals surface area contributed by atoms with Gasteiger partial charge in [0.2, 0.25) is 0 Å². The third-order valence-electron chi connectivity index (χ3n) is 2.48. The molecule has 0 bridgehead atoms. The van der Waals surface area contributed by atoms with Gasteiger partial charge in [-0.2, -0.15) is 0 Å². The number of carbonyl (C=O) groups excluding carboxylic acids is 1. The molecule has 0 saturated heterocycles. The largest absolute Gasteiger partial charge is 0.483 e. The van der Waals surface area contributed by atoms with Crippen molar-refractivity contribution in [1.82, 2.24) is 4.98 Å². The molecule has 102 valence electrons. The molecule has 0 spiro atoms. The van der Waals surface area contributed by atoms with Gasteiger partial charge in [0.25, 0.3) is 5.91 Å². The SMILES string of the molecule is NC(=S)c1ccccc1OCC(=O)Nc1ccncc1. The molecule has 2 rings (SSSR count). The molecule has 1 heterocycles. The van der Waals surface area contributed by atoms with Gasteiger partial charge in [-0.05, 0) is 24.3 Å². The summed E-state index contributed by atoms with van der Waals surface area (Å²) in [5.74, 6) is 0.221. The number of ether oxygens (including phenoxy) is 1. The van der Waals surface area contributed by atoms with Gasteiger partial charge in [0, 0.05) is 18.1 Å². The molecule has 5 nitrogen and oxygen atoms in total. The normalized spacial score (nSPS) is 9.80. The van der Waals surface area contributed by atoms with Gasteiger partial charge in [0.15, 0.2) is 6.61 Å². The maximum Gasteiger partial charge on any atom is 0.262 e. The van der Waals surface area contributed by atoms with Crippen molar-refractivity contribution < 1.29 is 9.53 Å². The Morgan fingerprint density at radius 2 is 1.95 bits per heavy atom. The topological polar surface area (TPSA) is 77.2 Å². The predicted octanol–water partition coefficient (Wildman–Crippen LogP) is 1.73. The van der Waals surface area contributed by atoms with Crippen molar-refractivity contribution in [3.8, 4) is 5.75 Å². The van der Waals surface area contributed by atoms with E-state index in [-0.39, 0.29) is 17.5 Å². The van der Waals surface area contributed by atoms with Crippen LogP contribution in [0.5, 0.6) is 5.75 Å². The molecule has 1 amide bonds. The molecule has 0 unspecified atom stereocenters. The molecule has 2 aromatic rings. The number of hydrogen-bond donors (Lipinski definition) is 2. The minimum atomic E-state index is -0.269. The third-order valence-corrected chi connectivity index (χ3v) is 2.70. The Balaban J connectivity index is 1.96. The van der Waals surface area contributed by atoms with Crippen LogP contribution in [0.25, 0.3) is 0 Å². The number of para-hydroxylation sites is 1. The van der Waals surface area contributed by atoms with Crippen LogP contribution in [0.2, 0.25) is 0 Å². The van der Waals surface area contributed by atoms with Crippen LogP contribution in [0.15, 0.2) is 48.8 Å². The molecule has 6 heteroatoms. The first-order chi connectivity index (χ1) is 9.66. The van der Waals surface area contributed by atoms with Gasteiger partial charge in [0.1, 0.15) is 10.7 Å². The molecule has 0 atom stereocenters. The lowest BCUT2D eigenvalue weighted by Gasteiger charge is -2.10. The van der Waals surface area contributed by atoms with Crippen LogP contribution in [0.4, 0.5) is 5.69 Å². The number of nitrogens with two attached hydrogens (primary N) is 1. The summed E-state index contributed by atoms with van der Waals surface area (Å²) in [5.41, 5.74) is 6.86. The first-order valence-electron chi connectivity index (χ1n) is 5.88. The quantitative estimate of drug-likeness (QED) is 0.819. The predicted molar refractivity (Wildman–Crippen MR) is 80.7 cm³/mol. The fourth-order valence-corrected chi connectivity index (χ4v) is 1.74. The zero-order valence-corrected chi connectivity index (χ0v) is 11.4. The van der Waals surface area contributed by atoms with Gasteiger partial charge in [-0.3, -0.25) is 9.78 Å². The summed E-state index contributed by atoms with van der Waals surface area (Å²) in [6.45, 7) is -0.123. The third kappa shape index (κ3) is 3.76. The lowest BCUT2D eigenvalue weighted by molar-refractivity contribution is -0.118. The van der Waals surface area contributed by atoms with Crippen LogP contribution in [0.1, 0.15) is 5.56 Å². The van der Waals surface area contributed by atoms with Crippen LogP contribution in [0.3, 0.4) is 0 Å². The number of rotatable bonds is 5. The zero-order valence-electron chi connectivity index (χ0n) is 10.6. The summed E-state index contributed by atoms with van der Waals surface area (Å²) in [6, 6.07) is 10.4. The van der Waals surface area contributed by atoms with E-state index in [9.17, 15) is 4.79 Å². The van der Waals surface area contributed by atoms with Crippen molar-refractivity contribution in [2.24, 2.45) is 5.73 Å². The highest BCUT2D eigenvalue weighted by molar-refractivity contribution is 7.80. The van der Waals surface area contributed by atoms with Crippen molar-refractivity contribution in [2.75, 3.05) is 11.9 Å². The standard InChI is InChI=1S/C14H13N3O2S/c15-14(20)11-3-1-2-4-12(11)19-9-13(18)17-10-5-7-16-8-6-10/h1-8H,9H2,(H2,15,20)(H,16,17,18). The fourth-order valence-electron chi connectivity index (χ4n) is 1.57. The van der Waals surface area contributed by atoms with E-state index in [0.717, 1.165) is 0 Å². The number of hydrogen-bond acceptors (Lipinski definition) is 4. The molecule has 0 fully saturated rings. The van der Waals surface area contributed by atoms with Crippen molar-refractivity contribution in [3.63, 3.8) is 0 Å². The molecular formula is C14H13N3O2S. The number of amides is 1. The minimum Gasteiger partial charge on any atom is -0.483 e. The highest BCUT2D eigenvalue weighted by Crippen LogP contribution is 2.17. The Bertz CT molecular complexity index is 617. The highest BCUT2D eigenvalue weighted by atomic mass is 32.1. The Morgan fingerprint density at radius 3 is 2.65 bits per heavy atom. The molecule has 0 aliphatic rings. The Hall–Kier alpha value is -2.47. The molecule has 0 radical (unpaired) electrons. The molecule has 0 aliphatic carbocycles. The number of benzene rings is 1. The van der Waals surface area contributed by atoms with Gasteiger partial charge in [-0.1, -0.05) is 24.4 Å². The van der Waals surface area contributed by atoms with Crippen molar-refractivity contribution in [3.05, 3.63) is 54.4 Å². The lowest BCUT2D eigenvalue weighted by atomic mass is 10.2. The minimum absolute atomic E-state index is 0.123. The van der Waals surface area contributed by atoms with Crippen molar-refractivity contribution >= 4 is 28.8 Å². The van der Waals surface area contributed by atoms with E-state index in [2.05, 4.69) is 10.3 Å². The van der Waals surface area contributed by atoms with Crippen LogP contribution in [0, 0.1) is 0 Å². The summed E-state index contributed by atoms with van der Waals surface area (Å²) < 4.78 is 5.44. The molecular weight excluding hydrogens is 274 g/mol. The lowest BCUT2D eigenvalue weighted by Crippen LogP contribution is -2.21. The molecule has 0 saturated carbocycles. The van der Waals surface area contributed by atoms with Gasteiger partial charge < -0.3 is 15.8 Å². The second-order valence-electron chi connectivity index (χ2n) is 3.93. The summed E-state index contributed by atoms with van der Waals surface area (Å²) in [5, 5.41) is 2.69. The zero-order chi connectivity index (χ0) is 14.4. The maximum absolute atomic E-state index is 11.7. The van der Waals surface area contributed by atoms with E-state index in [4.69, 9.17) is 22.7 Å². The first-order valence-corrected chi connectivity index (χ1v) is 6.29. The average molecular weight is 287 g/mol. The van der Waals surface area contributed by atoms with Crippen LogP contribution < -0.4 is 15.8 Å². The Morgan fingerprint density at radius 1 is 1.25 bits per heavy atom. The van der Waals surface area contributed by atoms with Crippen molar-refractivity contribution in [1.29, 1.82) is 0 Å². The number of carbonyl (C=O) groups is 1. The molecule has 1 aromatic heterocycles. The van der Waals surface area contributed by atoms with E-state index in [1.807, 2.05) is 0 Å². The van der Waals surface area contributed by atoms with E-state index < -0.39 is 0 Å². The van der Waals surface area contributed by atoms with Gasteiger partial charge in [-0.25, -0.2) is 0 Å². The summed E-state index contributed by atoms with van der Waals surface area (Å²) in [6.07, 6.45) is 3.19. The van der Waals surface area contributed by atoms with Crippen LogP contribution in [-0.4, -0.2) is 22.5 Å². The average Bonchev–Trinajstić information content (AvgIpc) is 2.46. The smallest absolute Gasteiger partial charge is 0.262 e. The number of nitrogens with one attached hydrogen (secondary N) is 1. The van der Waals surface area contributed by atoms with E-state index in [1.165, 1.54) is 0 Å². The number of pyridine rings is 1. The van der Waals surface area contributed by atoms with Crippen LogP contribution >= 0.6 is 12.2 Å². The van der Waals surface area contributed by atoms with Gasteiger partial charge in [-0.15, -0.1) is 0 Å². The number of thiocarbonyl (C=S) groups is 1. The number of anilines is 1. The second kappa shape index (κ2) is 6.63. The fraction of sp³-hybridized carbons (Fsp3) is 0.0714. The molecule has 20 heavy (non-hydrogen) atoms. The summed E-state index contributed by atoms with van der Waals surface area (Å²) in [4.78, 5) is 15.8. The maximum atomic E-state index is 11.7. The molecule has 3 N–H and O–H groups in total. The highest BCUT2D eigenvalue weighted by Gasteiger charge is 2.08. The van der Waals surface area contributed by atoms with Crippen LogP contribution in [-0.2, 0) is 4.79 Å². The molecule has 0 aliphatic heterocycles. The summed E-state index contributed by atoms with van der Waals surface area (Å²) >= 11 is 4.92. The molecule has 1 aromatic carbocycles. The Kier molecular flexibility index (Phi) is 4.62. The van der Waals surface area contributed by atoms with Crippen molar-refractivity contribution in [2.45, 2.75) is 0 Å². The van der Waals surface area contributed by atoms with Gasteiger partial charge in [0.05, 0.1) is 5.56 Å².